The summed E-state index contributed by atoms with van der Waals surface area (Å²) in [6.45, 7) is 3.72. The summed E-state index contributed by atoms with van der Waals surface area (Å²) in [5.41, 5.74) is 2.79. The second-order valence-corrected chi connectivity index (χ2v) is 15.5. The molecule has 0 atom stereocenters. The van der Waals surface area contributed by atoms with Gasteiger partial charge in [0, 0.05) is 11.1 Å². The lowest BCUT2D eigenvalue weighted by molar-refractivity contribution is 0.414. The van der Waals surface area contributed by atoms with Crippen molar-refractivity contribution in [3.8, 4) is 22.9 Å². The Balaban J connectivity index is 1.74. The van der Waals surface area contributed by atoms with Crippen molar-refractivity contribution in [2.75, 3.05) is 20.1 Å². The lowest BCUT2D eigenvalue weighted by Crippen LogP contribution is -2.25. The lowest BCUT2D eigenvalue weighted by atomic mass is 10.2. The van der Waals surface area contributed by atoms with Crippen molar-refractivity contribution in [2.24, 2.45) is 4.99 Å². The third kappa shape index (κ3) is 7.62. The predicted molar refractivity (Wildman–Crippen MR) is 190 cm³/mol. The van der Waals surface area contributed by atoms with Crippen LogP contribution in [-0.2, 0) is 25.6 Å². The highest BCUT2D eigenvalue weighted by Crippen LogP contribution is 2.25. The number of methoxy groups -OCH3 is 2. The summed E-state index contributed by atoms with van der Waals surface area (Å²) < 4.78 is 67.6. The van der Waals surface area contributed by atoms with Gasteiger partial charge in [-0.3, -0.25) is 9.56 Å². The van der Waals surface area contributed by atoms with Crippen molar-refractivity contribution in [1.29, 1.82) is 0 Å². The van der Waals surface area contributed by atoms with E-state index in [-0.39, 0.29) is 31.0 Å². The van der Waals surface area contributed by atoms with Crippen LogP contribution in [0, 0.1) is 23.4 Å². The predicted octanol–water partition coefficient (Wildman–Crippen LogP) is 6.60. The maximum atomic E-state index is 13.8. The molecule has 1 aromatic heterocycles. The first-order valence-corrected chi connectivity index (χ1v) is 18.6. The fraction of sp³-hybridized carbons (Fsp3) is 0.176. The molecule has 0 saturated carbocycles. The first-order valence-electron chi connectivity index (χ1n) is 14.5. The lowest BCUT2D eigenvalue weighted by Gasteiger charge is -2.19. The van der Waals surface area contributed by atoms with E-state index in [4.69, 9.17) is 33.9 Å². The minimum absolute atomic E-state index is 0.0567. The number of benzene rings is 4. The van der Waals surface area contributed by atoms with Crippen LogP contribution in [0.2, 0.25) is 0 Å². The molecule has 10 nitrogen and oxygen atoms in total. The summed E-state index contributed by atoms with van der Waals surface area (Å²) in [6, 6.07) is 26.5. The van der Waals surface area contributed by atoms with Crippen LogP contribution in [-0.4, -0.2) is 56.9 Å². The molecular formula is C34H32N4O6S4. The molecule has 0 aliphatic heterocycles. The number of aromatic nitrogens is 3. The van der Waals surface area contributed by atoms with Gasteiger partial charge in [0.15, 0.2) is 24.4 Å². The average molecular weight is 721 g/mol. The molecule has 1 heterocycles. The van der Waals surface area contributed by atoms with E-state index in [1.807, 2.05) is 13.8 Å². The normalized spacial score (nSPS) is 12.1. The summed E-state index contributed by atoms with van der Waals surface area (Å²) in [7, 11) is -4.80. The molecule has 5 rings (SSSR count). The van der Waals surface area contributed by atoms with Crippen LogP contribution in [0.1, 0.15) is 16.7 Å². The Hall–Kier alpha value is -4.50. The summed E-state index contributed by atoms with van der Waals surface area (Å²) >= 11 is 11.7. The summed E-state index contributed by atoms with van der Waals surface area (Å²) in [6.07, 6.45) is 0. The zero-order valence-corrected chi connectivity index (χ0v) is 29.8. The Kier molecular flexibility index (Phi) is 10.4. The SMILES string of the molecule is COc1ccc(/C(=N\CS(=O)(=O)c2ccc(C)cc2)n2c(=S)nc(-c3ccc(OC)cc3)n(CS(=O)(=O)c3ccc(C)cc3)c2=S)cc1. The smallest absolute Gasteiger partial charge is 0.209 e. The highest BCUT2D eigenvalue weighted by atomic mass is 32.2. The van der Waals surface area contributed by atoms with Crippen LogP contribution >= 0.6 is 24.4 Å². The zero-order chi connectivity index (χ0) is 34.6. The first kappa shape index (κ1) is 34.8. The van der Waals surface area contributed by atoms with Crippen LogP contribution < -0.4 is 9.47 Å². The van der Waals surface area contributed by atoms with Gasteiger partial charge in [-0.2, -0.15) is 0 Å². The quantitative estimate of drug-likeness (QED) is 0.0892. The van der Waals surface area contributed by atoms with Gasteiger partial charge in [0.05, 0.1) is 24.0 Å². The van der Waals surface area contributed by atoms with Crippen molar-refractivity contribution < 1.29 is 26.3 Å². The van der Waals surface area contributed by atoms with Crippen LogP contribution in [0.15, 0.2) is 112 Å². The highest BCUT2D eigenvalue weighted by molar-refractivity contribution is 7.91. The molecule has 0 aliphatic rings. The fourth-order valence-electron chi connectivity index (χ4n) is 4.74. The van der Waals surface area contributed by atoms with Crippen LogP contribution in [0.3, 0.4) is 0 Å². The molecule has 5 aromatic rings. The maximum absolute atomic E-state index is 13.8. The van der Waals surface area contributed by atoms with Crippen molar-refractivity contribution in [3.05, 3.63) is 123 Å². The molecule has 0 fully saturated rings. The number of aryl methyl sites for hydroxylation is 2. The Labute approximate surface area is 289 Å². The van der Waals surface area contributed by atoms with Gasteiger partial charge in [-0.05, 0) is 111 Å². The topological polar surface area (TPSA) is 122 Å². The number of nitrogens with zero attached hydrogens (tertiary/aromatic N) is 4. The van der Waals surface area contributed by atoms with E-state index >= 15 is 0 Å². The summed E-state index contributed by atoms with van der Waals surface area (Å²) in [4.78, 5) is 9.39. The Morgan fingerprint density at radius 3 is 1.69 bits per heavy atom. The molecule has 4 aromatic carbocycles. The monoisotopic (exact) mass is 720 g/mol. The minimum Gasteiger partial charge on any atom is -0.497 e. The zero-order valence-electron chi connectivity index (χ0n) is 26.5. The second kappa shape index (κ2) is 14.3. The third-order valence-electron chi connectivity index (χ3n) is 7.42. The van der Waals surface area contributed by atoms with E-state index in [0.29, 0.717) is 22.6 Å². The minimum atomic E-state index is -3.97. The third-order valence-corrected chi connectivity index (χ3v) is 11.1. The van der Waals surface area contributed by atoms with Crippen LogP contribution in [0.4, 0.5) is 0 Å². The van der Waals surface area contributed by atoms with E-state index in [1.165, 1.54) is 47.6 Å². The Morgan fingerprint density at radius 1 is 0.708 bits per heavy atom. The van der Waals surface area contributed by atoms with Gasteiger partial charge in [0.1, 0.15) is 34.9 Å². The molecule has 0 N–H and O–H groups in total. The highest BCUT2D eigenvalue weighted by Gasteiger charge is 2.23. The van der Waals surface area contributed by atoms with E-state index in [1.54, 1.807) is 72.8 Å². The number of aliphatic imine (C=N–C) groups is 1. The molecule has 14 heteroatoms. The molecule has 0 bridgehead atoms. The molecule has 0 aliphatic carbocycles. The van der Waals surface area contributed by atoms with E-state index in [2.05, 4.69) is 9.98 Å². The van der Waals surface area contributed by atoms with Crippen molar-refractivity contribution in [3.63, 3.8) is 0 Å². The van der Waals surface area contributed by atoms with Gasteiger partial charge in [-0.1, -0.05) is 35.4 Å². The molecule has 0 spiro atoms. The van der Waals surface area contributed by atoms with Gasteiger partial charge in [0.2, 0.25) is 4.77 Å². The van der Waals surface area contributed by atoms with Gasteiger partial charge in [-0.25, -0.2) is 26.4 Å². The largest absolute Gasteiger partial charge is 0.497 e. The standard InChI is InChI=1S/C34H32N4O6S4/c1-23-5-17-29(18-6-23)47(39,40)21-35-31(25-9-13-27(43-3)14-10-25)38-33(45)36-32(26-11-15-28(44-4)16-12-26)37(34(38)46)22-48(41,42)30-19-7-24(2)8-20-30/h5-20H,21-22H2,1-4H3/b35-31+. The van der Waals surface area contributed by atoms with Crippen LogP contribution in [0.5, 0.6) is 11.5 Å². The second-order valence-electron chi connectivity index (χ2n) is 10.8. The molecule has 48 heavy (non-hydrogen) atoms. The number of hydrogen-bond acceptors (Lipinski definition) is 10. The van der Waals surface area contributed by atoms with E-state index in [0.717, 1.165) is 11.1 Å². The fourth-order valence-corrected chi connectivity index (χ4v) is 7.74. The molecule has 0 amide bonds. The number of rotatable bonds is 10. The first-order chi connectivity index (χ1) is 22.8. The van der Waals surface area contributed by atoms with Crippen molar-refractivity contribution in [1.82, 2.24) is 14.1 Å². The average Bonchev–Trinajstić information content (AvgIpc) is 3.08. The Morgan fingerprint density at radius 2 is 1.19 bits per heavy atom. The van der Waals surface area contributed by atoms with Crippen molar-refractivity contribution in [2.45, 2.75) is 29.5 Å². The van der Waals surface area contributed by atoms with Gasteiger partial charge in [-0.15, -0.1) is 0 Å². The number of sulfone groups is 2. The van der Waals surface area contributed by atoms with Crippen molar-refractivity contribution >= 4 is 49.9 Å². The summed E-state index contributed by atoms with van der Waals surface area (Å²) in [5, 5.41) is 0. The summed E-state index contributed by atoms with van der Waals surface area (Å²) in [5.74, 6) is 0.176. The molecule has 0 saturated heterocycles. The van der Waals surface area contributed by atoms with Crippen LogP contribution in [0.25, 0.3) is 11.4 Å². The number of hydrogen-bond donors (Lipinski definition) is 0. The van der Waals surface area contributed by atoms with Gasteiger partial charge in [0.25, 0.3) is 0 Å². The van der Waals surface area contributed by atoms with E-state index < -0.39 is 31.4 Å². The van der Waals surface area contributed by atoms with E-state index in [9.17, 15) is 16.8 Å². The Bertz CT molecular complexity index is 2310. The molecule has 0 unspecified atom stereocenters. The van der Waals surface area contributed by atoms with Gasteiger partial charge < -0.3 is 9.47 Å². The van der Waals surface area contributed by atoms with Gasteiger partial charge >= 0.3 is 0 Å². The maximum Gasteiger partial charge on any atom is 0.209 e. The molecule has 0 radical (unpaired) electrons. The number of ether oxygens (including phenoxy) is 2. The molecule has 248 valence electrons. The molecular weight excluding hydrogens is 689 g/mol.